The van der Waals surface area contributed by atoms with Gasteiger partial charge in [-0.15, -0.1) is 0 Å². The second-order valence-corrected chi connectivity index (χ2v) is 12.4. The smallest absolute Gasteiger partial charge is 0.0757 e. The maximum atomic E-state index is 11.3. The van der Waals surface area contributed by atoms with Gasteiger partial charge in [0.15, 0.2) is 0 Å². The fraction of sp³-hybridized carbons (Fsp3) is 0.926. The van der Waals surface area contributed by atoms with Crippen molar-refractivity contribution in [3.05, 3.63) is 11.6 Å². The Morgan fingerprint density at radius 1 is 0.967 bits per heavy atom. The van der Waals surface area contributed by atoms with E-state index in [9.17, 15) is 15.3 Å². The molecule has 3 saturated carbocycles. The summed E-state index contributed by atoms with van der Waals surface area (Å²) in [5.41, 5.74) is 1.71. The third kappa shape index (κ3) is 3.61. The van der Waals surface area contributed by atoms with E-state index >= 15 is 0 Å². The Labute approximate surface area is 184 Å². The first-order valence-electron chi connectivity index (χ1n) is 12.8. The zero-order chi connectivity index (χ0) is 21.8. The molecule has 10 atom stereocenters. The highest BCUT2D eigenvalue weighted by Crippen LogP contribution is 2.67. The lowest BCUT2D eigenvalue weighted by Crippen LogP contribution is -2.55. The Bertz CT molecular complexity index is 656. The first-order chi connectivity index (χ1) is 14.1. The summed E-state index contributed by atoms with van der Waals surface area (Å²) < 4.78 is 0. The quantitative estimate of drug-likeness (QED) is 0.529. The number of fused-ring (bicyclic) bond motifs is 5. The summed E-state index contributed by atoms with van der Waals surface area (Å²) in [5, 5.41) is 32.4. The van der Waals surface area contributed by atoms with Crippen LogP contribution in [0.4, 0.5) is 0 Å². The van der Waals surface area contributed by atoms with Crippen LogP contribution in [0.1, 0.15) is 92.4 Å². The van der Waals surface area contributed by atoms with Gasteiger partial charge in [-0.1, -0.05) is 46.3 Å². The molecule has 0 heterocycles. The summed E-state index contributed by atoms with van der Waals surface area (Å²) in [5.74, 6) is 2.97. The molecule has 0 spiro atoms. The highest BCUT2D eigenvalue weighted by Gasteiger charge is 2.61. The highest BCUT2D eigenvalue weighted by molar-refractivity contribution is 5.28. The molecule has 0 aliphatic heterocycles. The van der Waals surface area contributed by atoms with Crippen LogP contribution in [-0.2, 0) is 0 Å². The van der Waals surface area contributed by atoms with E-state index in [1.54, 1.807) is 0 Å². The summed E-state index contributed by atoms with van der Waals surface area (Å²) in [7, 11) is 0. The molecule has 30 heavy (non-hydrogen) atoms. The maximum absolute atomic E-state index is 11.3. The third-order valence-electron chi connectivity index (χ3n) is 10.5. The van der Waals surface area contributed by atoms with E-state index < -0.39 is 0 Å². The molecule has 0 bridgehead atoms. The largest absolute Gasteiger partial charge is 0.393 e. The normalized spacial score (nSPS) is 47.8. The first kappa shape index (κ1) is 22.8. The zero-order valence-electron chi connectivity index (χ0n) is 20.0. The maximum Gasteiger partial charge on any atom is 0.0757 e. The molecule has 3 nitrogen and oxygen atoms in total. The Morgan fingerprint density at radius 2 is 1.70 bits per heavy atom. The molecule has 0 aromatic heterocycles. The van der Waals surface area contributed by atoms with Gasteiger partial charge in [-0.25, -0.2) is 0 Å². The van der Waals surface area contributed by atoms with Crippen molar-refractivity contribution in [2.24, 2.45) is 46.3 Å². The van der Waals surface area contributed by atoms with Crippen LogP contribution >= 0.6 is 0 Å². The fourth-order valence-corrected chi connectivity index (χ4v) is 8.57. The Kier molecular flexibility index (Phi) is 6.23. The minimum atomic E-state index is -0.368. The second kappa shape index (κ2) is 8.19. The minimum Gasteiger partial charge on any atom is -0.393 e. The molecule has 0 radical (unpaired) electrons. The van der Waals surface area contributed by atoms with Gasteiger partial charge in [-0.3, -0.25) is 0 Å². The van der Waals surface area contributed by atoms with E-state index in [0.29, 0.717) is 35.5 Å². The average molecular weight is 419 g/mol. The first-order valence-corrected chi connectivity index (χ1v) is 12.8. The van der Waals surface area contributed by atoms with E-state index in [1.807, 2.05) is 0 Å². The number of aliphatic hydroxyl groups is 3. The lowest BCUT2D eigenvalue weighted by molar-refractivity contribution is -0.103. The predicted octanol–water partition coefficient (Wildman–Crippen LogP) is 5.33. The van der Waals surface area contributed by atoms with Crippen molar-refractivity contribution in [1.29, 1.82) is 0 Å². The van der Waals surface area contributed by atoms with Gasteiger partial charge in [0.2, 0.25) is 0 Å². The number of hydrogen-bond acceptors (Lipinski definition) is 3. The summed E-state index contributed by atoms with van der Waals surface area (Å²) in [6.07, 6.45) is 10.9. The molecule has 3 fully saturated rings. The van der Waals surface area contributed by atoms with Crippen molar-refractivity contribution in [2.75, 3.05) is 0 Å². The van der Waals surface area contributed by atoms with Crippen molar-refractivity contribution in [1.82, 2.24) is 0 Å². The SMILES string of the molecule is CC(C)CC[C@@H](O)[C@@H](C)[C@H]1CC[C@H]2[C@@H]3[C@@H](O)C=C4C[C@@H](O)CC[C@]4(C)[C@H]3CC[C@]12C. The van der Waals surface area contributed by atoms with Gasteiger partial charge in [0, 0.05) is 0 Å². The van der Waals surface area contributed by atoms with Crippen LogP contribution in [0.25, 0.3) is 0 Å². The third-order valence-corrected chi connectivity index (χ3v) is 10.5. The molecule has 4 aliphatic carbocycles. The van der Waals surface area contributed by atoms with E-state index in [2.05, 4.69) is 40.7 Å². The van der Waals surface area contributed by atoms with Gasteiger partial charge in [0.05, 0.1) is 18.3 Å². The molecule has 0 amide bonds. The van der Waals surface area contributed by atoms with Crippen molar-refractivity contribution in [3.63, 3.8) is 0 Å². The van der Waals surface area contributed by atoms with Gasteiger partial charge < -0.3 is 15.3 Å². The Morgan fingerprint density at radius 3 is 2.40 bits per heavy atom. The van der Waals surface area contributed by atoms with E-state index in [4.69, 9.17) is 0 Å². The average Bonchev–Trinajstić information content (AvgIpc) is 3.04. The van der Waals surface area contributed by atoms with Gasteiger partial charge in [0.1, 0.15) is 0 Å². The van der Waals surface area contributed by atoms with E-state index in [-0.39, 0.29) is 29.1 Å². The molecule has 172 valence electrons. The molecule has 0 unspecified atom stereocenters. The van der Waals surface area contributed by atoms with Crippen LogP contribution < -0.4 is 0 Å². The molecule has 0 aromatic rings. The summed E-state index contributed by atoms with van der Waals surface area (Å²) in [6, 6.07) is 0. The van der Waals surface area contributed by atoms with Crippen molar-refractivity contribution < 1.29 is 15.3 Å². The van der Waals surface area contributed by atoms with Gasteiger partial charge in [-0.05, 0) is 104 Å². The number of rotatable bonds is 5. The Hall–Kier alpha value is -0.380. The van der Waals surface area contributed by atoms with Gasteiger partial charge in [-0.2, -0.15) is 0 Å². The van der Waals surface area contributed by atoms with Gasteiger partial charge >= 0.3 is 0 Å². The number of aliphatic hydroxyl groups excluding tert-OH is 3. The fourth-order valence-electron chi connectivity index (χ4n) is 8.57. The summed E-state index contributed by atoms with van der Waals surface area (Å²) >= 11 is 0. The van der Waals surface area contributed by atoms with Crippen molar-refractivity contribution in [3.8, 4) is 0 Å². The standard InChI is InChI=1S/C27H46O3/c1-16(2)6-9-23(29)17(3)20-7-8-21-25-22(11-13-27(20,21)5)26(4)12-10-19(28)14-18(26)15-24(25)30/h15-17,19-25,28-30H,6-14H2,1-5H3/t17-,19-,20+,21-,22-,23+,24-,25-,26-,27+/m0/s1. The van der Waals surface area contributed by atoms with Crippen LogP contribution in [0.15, 0.2) is 11.6 Å². The molecule has 3 heteroatoms. The predicted molar refractivity (Wildman–Crippen MR) is 122 cm³/mol. The zero-order valence-corrected chi connectivity index (χ0v) is 20.0. The Balaban J connectivity index is 1.56. The minimum absolute atomic E-state index is 0.158. The lowest BCUT2D eigenvalue weighted by Gasteiger charge is -2.59. The van der Waals surface area contributed by atoms with Crippen LogP contribution in [0.3, 0.4) is 0 Å². The molecule has 0 aromatic carbocycles. The highest BCUT2D eigenvalue weighted by atomic mass is 16.3. The van der Waals surface area contributed by atoms with Crippen LogP contribution in [0, 0.1) is 46.3 Å². The summed E-state index contributed by atoms with van der Waals surface area (Å²) in [4.78, 5) is 0. The van der Waals surface area contributed by atoms with Crippen LogP contribution in [0.5, 0.6) is 0 Å². The van der Waals surface area contributed by atoms with E-state index in [0.717, 1.165) is 32.1 Å². The number of hydrogen-bond donors (Lipinski definition) is 3. The van der Waals surface area contributed by atoms with E-state index in [1.165, 1.54) is 31.3 Å². The topological polar surface area (TPSA) is 60.7 Å². The monoisotopic (exact) mass is 418 g/mol. The molecule has 0 saturated heterocycles. The molecular weight excluding hydrogens is 372 g/mol. The van der Waals surface area contributed by atoms with Crippen LogP contribution in [-0.4, -0.2) is 33.6 Å². The molecule has 4 rings (SSSR count). The lowest BCUT2D eigenvalue weighted by atomic mass is 9.46. The van der Waals surface area contributed by atoms with Crippen molar-refractivity contribution >= 4 is 0 Å². The molecular formula is C27H46O3. The molecule has 3 N–H and O–H groups in total. The second-order valence-electron chi connectivity index (χ2n) is 12.4. The summed E-state index contributed by atoms with van der Waals surface area (Å²) in [6.45, 7) is 11.7. The van der Waals surface area contributed by atoms with Crippen molar-refractivity contribution in [2.45, 2.75) is 111 Å². The van der Waals surface area contributed by atoms with Crippen LogP contribution in [0.2, 0.25) is 0 Å². The molecule has 4 aliphatic rings. The van der Waals surface area contributed by atoms with Gasteiger partial charge in [0.25, 0.3) is 0 Å².